The van der Waals surface area contributed by atoms with Gasteiger partial charge in [0.05, 0.1) is 16.0 Å². The van der Waals surface area contributed by atoms with Gasteiger partial charge in [0.2, 0.25) is 0 Å². The van der Waals surface area contributed by atoms with Gasteiger partial charge in [-0.05, 0) is 30.3 Å². The molecule has 148 valence electrons. The molecule has 0 radical (unpaired) electrons. The second-order valence-electron chi connectivity index (χ2n) is 6.34. The zero-order valence-electron chi connectivity index (χ0n) is 15.1. The van der Waals surface area contributed by atoms with E-state index in [2.05, 4.69) is 14.7 Å². The molecule has 0 amide bonds. The van der Waals surface area contributed by atoms with Crippen molar-refractivity contribution >= 4 is 44.2 Å². The Morgan fingerprint density at radius 1 is 1.10 bits per heavy atom. The molecule has 3 N–H and O–H groups in total. The third-order valence-corrected chi connectivity index (χ3v) is 6.07. The molecule has 0 aliphatic heterocycles. The first-order valence-corrected chi connectivity index (χ1v) is 10.3. The Labute approximate surface area is 171 Å². The number of halogens is 2. The Bertz CT molecular complexity index is 1340. The number of fused-ring (bicyclic) bond motifs is 1. The van der Waals surface area contributed by atoms with Gasteiger partial charge in [0, 0.05) is 29.4 Å². The summed E-state index contributed by atoms with van der Waals surface area (Å²) in [6, 6.07) is 10.0. The number of sulfonamides is 1. The summed E-state index contributed by atoms with van der Waals surface area (Å²) < 4.78 is 44.5. The molecule has 2 aromatic heterocycles. The van der Waals surface area contributed by atoms with Crippen LogP contribution in [0.5, 0.6) is 0 Å². The number of hydrogen-bond donors (Lipinski definition) is 2. The molecular formula is C19H15ClFN5O2S. The molecule has 10 heteroatoms. The van der Waals surface area contributed by atoms with Crippen LogP contribution in [0.3, 0.4) is 0 Å². The van der Waals surface area contributed by atoms with E-state index in [1.807, 2.05) is 0 Å². The van der Waals surface area contributed by atoms with Gasteiger partial charge in [-0.15, -0.1) is 0 Å². The van der Waals surface area contributed by atoms with Crippen molar-refractivity contribution in [2.75, 3.05) is 10.5 Å². The maximum atomic E-state index is 15.3. The van der Waals surface area contributed by atoms with Gasteiger partial charge in [-0.1, -0.05) is 23.7 Å². The van der Waals surface area contributed by atoms with E-state index in [0.29, 0.717) is 21.6 Å². The van der Waals surface area contributed by atoms with Gasteiger partial charge in [0.25, 0.3) is 10.0 Å². The molecule has 0 unspecified atom stereocenters. The summed E-state index contributed by atoms with van der Waals surface area (Å²) in [6.45, 7) is 0. The van der Waals surface area contributed by atoms with E-state index in [-0.39, 0.29) is 22.0 Å². The average molecular weight is 432 g/mol. The highest BCUT2D eigenvalue weighted by Gasteiger charge is 2.21. The normalized spacial score (nSPS) is 11.7. The number of aromatic nitrogens is 3. The predicted molar refractivity (Wildman–Crippen MR) is 111 cm³/mol. The van der Waals surface area contributed by atoms with Crippen LogP contribution in [0.15, 0.2) is 59.9 Å². The summed E-state index contributed by atoms with van der Waals surface area (Å²) in [5, 5.41) is 0.888. The van der Waals surface area contributed by atoms with Gasteiger partial charge in [-0.3, -0.25) is 4.72 Å². The molecule has 7 nitrogen and oxygen atoms in total. The van der Waals surface area contributed by atoms with Gasteiger partial charge >= 0.3 is 0 Å². The maximum Gasteiger partial charge on any atom is 0.261 e. The van der Waals surface area contributed by atoms with E-state index in [1.165, 1.54) is 42.7 Å². The Kier molecular flexibility index (Phi) is 4.64. The van der Waals surface area contributed by atoms with E-state index in [9.17, 15) is 8.42 Å². The second-order valence-corrected chi connectivity index (χ2v) is 8.46. The quantitative estimate of drug-likeness (QED) is 0.511. The number of benzene rings is 2. The fourth-order valence-corrected chi connectivity index (χ4v) is 4.26. The molecule has 4 aromatic rings. The number of nitrogens with zero attached hydrogens (tertiary/aromatic N) is 3. The van der Waals surface area contributed by atoms with Crippen LogP contribution in [0.4, 0.5) is 15.9 Å². The molecule has 29 heavy (non-hydrogen) atoms. The summed E-state index contributed by atoms with van der Waals surface area (Å²) in [4.78, 5) is 8.11. The molecule has 0 saturated carbocycles. The summed E-state index contributed by atoms with van der Waals surface area (Å²) in [5.74, 6) is -0.530. The molecule has 0 fully saturated rings. The summed E-state index contributed by atoms with van der Waals surface area (Å²) >= 11 is 5.80. The number of anilines is 2. The fourth-order valence-electron chi connectivity index (χ4n) is 3.08. The van der Waals surface area contributed by atoms with Crippen molar-refractivity contribution in [3.63, 3.8) is 0 Å². The molecule has 0 aliphatic carbocycles. The zero-order valence-corrected chi connectivity index (χ0v) is 16.7. The zero-order chi connectivity index (χ0) is 20.8. The lowest BCUT2D eigenvalue weighted by Gasteiger charge is -2.11. The fraction of sp³-hybridized carbons (Fsp3) is 0.0526. The highest BCUT2D eigenvalue weighted by atomic mass is 35.5. The molecule has 2 heterocycles. The van der Waals surface area contributed by atoms with Crippen molar-refractivity contribution in [2.24, 2.45) is 7.05 Å². The molecule has 2 aromatic carbocycles. The third kappa shape index (κ3) is 3.39. The minimum Gasteiger partial charge on any atom is -0.383 e. The highest BCUT2D eigenvalue weighted by Crippen LogP contribution is 2.36. The van der Waals surface area contributed by atoms with Crippen LogP contribution >= 0.6 is 11.6 Å². The summed E-state index contributed by atoms with van der Waals surface area (Å²) in [7, 11) is -2.25. The van der Waals surface area contributed by atoms with Gasteiger partial charge in [0.15, 0.2) is 5.82 Å². The molecule has 0 spiro atoms. The smallest absolute Gasteiger partial charge is 0.261 e. The van der Waals surface area contributed by atoms with Gasteiger partial charge in [-0.25, -0.2) is 22.8 Å². The van der Waals surface area contributed by atoms with Crippen LogP contribution in [0, 0.1) is 5.82 Å². The molecule has 4 rings (SSSR count). The Hall–Kier alpha value is -3.17. The van der Waals surface area contributed by atoms with Crippen LogP contribution in [0.2, 0.25) is 5.02 Å². The molecule has 0 aliphatic rings. The standard InChI is InChI=1S/C19H15ClFN5O2S/c1-26-9-14(16-18(22)23-10-24-19(16)26)13-3-2-4-15(17(13)21)25-29(27,28)12-7-5-11(20)6-8-12/h2-10,25H,1H3,(H2,22,23,24). The van der Waals surface area contributed by atoms with Crippen molar-refractivity contribution in [1.29, 1.82) is 0 Å². The van der Waals surface area contributed by atoms with Crippen LogP contribution in [-0.4, -0.2) is 23.0 Å². The summed E-state index contributed by atoms with van der Waals surface area (Å²) in [5.41, 5.74) is 6.97. The SMILES string of the molecule is Cn1cc(-c2cccc(NS(=O)(=O)c3ccc(Cl)cc3)c2F)c2c(N)ncnc21. The monoisotopic (exact) mass is 431 g/mol. The van der Waals surface area contributed by atoms with Crippen molar-refractivity contribution in [2.45, 2.75) is 4.90 Å². The predicted octanol–water partition coefficient (Wildman–Crippen LogP) is 3.81. The van der Waals surface area contributed by atoms with E-state index < -0.39 is 15.8 Å². The van der Waals surface area contributed by atoms with Crippen molar-refractivity contribution in [3.8, 4) is 11.1 Å². The first-order chi connectivity index (χ1) is 13.8. The average Bonchev–Trinajstić information content (AvgIpc) is 3.02. The van der Waals surface area contributed by atoms with Crippen molar-refractivity contribution in [1.82, 2.24) is 14.5 Å². The molecule has 0 bridgehead atoms. The molecule has 0 saturated heterocycles. The van der Waals surface area contributed by atoms with Gasteiger partial charge in [0.1, 0.15) is 17.8 Å². The molecular weight excluding hydrogens is 417 g/mol. The van der Waals surface area contributed by atoms with E-state index in [0.717, 1.165) is 0 Å². The lowest BCUT2D eigenvalue weighted by atomic mass is 10.0. The van der Waals surface area contributed by atoms with Crippen LogP contribution in [0.25, 0.3) is 22.2 Å². The number of rotatable bonds is 4. The maximum absolute atomic E-state index is 15.3. The Morgan fingerprint density at radius 2 is 1.83 bits per heavy atom. The minimum absolute atomic E-state index is 0.0329. The van der Waals surface area contributed by atoms with E-state index in [1.54, 1.807) is 23.9 Å². The Balaban J connectivity index is 1.81. The van der Waals surface area contributed by atoms with Crippen LogP contribution < -0.4 is 10.5 Å². The topological polar surface area (TPSA) is 103 Å². The lowest BCUT2D eigenvalue weighted by Crippen LogP contribution is -2.14. The van der Waals surface area contributed by atoms with Crippen molar-refractivity contribution < 1.29 is 12.8 Å². The van der Waals surface area contributed by atoms with Crippen LogP contribution in [0.1, 0.15) is 0 Å². The first kappa shape index (κ1) is 19.2. The summed E-state index contributed by atoms with van der Waals surface area (Å²) in [6.07, 6.45) is 3.00. The lowest BCUT2D eigenvalue weighted by molar-refractivity contribution is 0.599. The second kappa shape index (κ2) is 7.02. The molecule has 0 atom stereocenters. The third-order valence-electron chi connectivity index (χ3n) is 4.44. The highest BCUT2D eigenvalue weighted by molar-refractivity contribution is 7.92. The van der Waals surface area contributed by atoms with E-state index in [4.69, 9.17) is 17.3 Å². The number of nitrogens with one attached hydrogen (secondary N) is 1. The first-order valence-electron chi connectivity index (χ1n) is 8.40. The largest absolute Gasteiger partial charge is 0.383 e. The number of hydrogen-bond acceptors (Lipinski definition) is 5. The van der Waals surface area contributed by atoms with E-state index >= 15 is 4.39 Å². The number of aryl methyl sites for hydroxylation is 1. The Morgan fingerprint density at radius 3 is 2.55 bits per heavy atom. The van der Waals surface area contributed by atoms with Crippen LogP contribution in [-0.2, 0) is 17.1 Å². The number of nitrogen functional groups attached to an aromatic ring is 1. The van der Waals surface area contributed by atoms with Crippen molar-refractivity contribution in [3.05, 3.63) is 65.8 Å². The van der Waals surface area contributed by atoms with Gasteiger partial charge in [-0.2, -0.15) is 0 Å². The minimum atomic E-state index is -4.00. The number of nitrogens with two attached hydrogens (primary N) is 1. The van der Waals surface area contributed by atoms with Gasteiger partial charge < -0.3 is 10.3 Å².